The Morgan fingerprint density at radius 1 is 1.20 bits per heavy atom. The predicted octanol–water partition coefficient (Wildman–Crippen LogP) is -1.11. The van der Waals surface area contributed by atoms with E-state index >= 15 is 0 Å². The van der Waals surface area contributed by atoms with Crippen molar-refractivity contribution in [2.45, 2.75) is 17.9 Å². The minimum Gasteiger partial charge on any atom is -0.744 e. The van der Waals surface area contributed by atoms with Crippen molar-refractivity contribution in [1.29, 1.82) is 0 Å². The quantitative estimate of drug-likeness (QED) is 0.134. The van der Waals surface area contributed by atoms with Gasteiger partial charge in [0.2, 0.25) is 6.04 Å². The number of aromatic hydroxyl groups is 1. The van der Waals surface area contributed by atoms with E-state index in [1.165, 1.54) is 0 Å². The third kappa shape index (κ3) is 6.40. The van der Waals surface area contributed by atoms with Gasteiger partial charge in [0.05, 0.1) is 4.92 Å². The van der Waals surface area contributed by atoms with Crippen LogP contribution in [0.1, 0.15) is 6.92 Å². The fourth-order valence-electron chi connectivity index (χ4n) is 2.12. The first-order valence-corrected chi connectivity index (χ1v) is 9.16. The largest absolute Gasteiger partial charge is 1.00 e. The molecule has 0 saturated heterocycles. The molecule has 0 aliphatic rings. The van der Waals surface area contributed by atoms with Crippen LogP contribution in [0.5, 0.6) is 5.75 Å². The van der Waals surface area contributed by atoms with Crippen LogP contribution in [0, 0.1) is 10.1 Å². The molecule has 2 aromatic rings. The molecule has 12 nitrogen and oxygen atoms in total. The van der Waals surface area contributed by atoms with Gasteiger partial charge in [0.25, 0.3) is 11.6 Å². The third-order valence-electron chi connectivity index (χ3n) is 3.48. The van der Waals surface area contributed by atoms with Gasteiger partial charge in [-0.15, -0.1) is 0 Å². The van der Waals surface area contributed by atoms with Crippen LogP contribution in [0.4, 0.5) is 17.1 Å². The minimum absolute atomic E-state index is 0. The Morgan fingerprint density at radius 3 is 2.30 bits per heavy atom. The standard InChI is InChI=1S/C16H14N4O8S.Na/c1-9(21)14(16(23)17-10-5-3-2-4-6-10)19-18-12-7-11(20(24)25)8-13(15(12)22)29(26,27)28;/h2-8,14,22H,1H3,(H,17,23)(H,26,27,28);/q;+1/p-1. The van der Waals surface area contributed by atoms with Crippen molar-refractivity contribution in [2.24, 2.45) is 10.2 Å². The van der Waals surface area contributed by atoms with E-state index in [4.69, 9.17) is 0 Å². The molecule has 0 aliphatic carbocycles. The number of hydrogen-bond donors (Lipinski definition) is 2. The molecule has 0 aromatic heterocycles. The number of carbonyl (C=O) groups excluding carboxylic acids is 2. The van der Waals surface area contributed by atoms with Gasteiger partial charge in [0.15, 0.2) is 11.5 Å². The van der Waals surface area contributed by atoms with Gasteiger partial charge in [-0.05, 0) is 19.1 Å². The number of Topliss-reactive ketones (excluding diaryl/α,β-unsaturated/α-hetero) is 1. The molecule has 0 bridgehead atoms. The number of ketones is 1. The summed E-state index contributed by atoms with van der Waals surface area (Å²) in [4.78, 5) is 32.6. The number of nitrogens with one attached hydrogen (secondary N) is 1. The Balaban J connectivity index is 0.00000450. The first-order chi connectivity index (χ1) is 13.5. The normalized spacial score (nSPS) is 12.1. The number of non-ortho nitro benzene ring substituents is 1. The zero-order valence-corrected chi connectivity index (χ0v) is 18.5. The molecule has 14 heteroatoms. The van der Waals surface area contributed by atoms with Crippen molar-refractivity contribution in [2.75, 3.05) is 5.32 Å². The molecule has 0 saturated carbocycles. The van der Waals surface area contributed by atoms with Crippen molar-refractivity contribution in [3.8, 4) is 5.75 Å². The van der Waals surface area contributed by atoms with E-state index in [1.807, 2.05) is 0 Å². The second kappa shape index (κ2) is 10.4. The van der Waals surface area contributed by atoms with Gasteiger partial charge in [0, 0.05) is 17.8 Å². The molecule has 1 amide bonds. The third-order valence-corrected chi connectivity index (χ3v) is 4.33. The van der Waals surface area contributed by atoms with Crippen LogP contribution in [0.25, 0.3) is 0 Å². The molecule has 0 heterocycles. The van der Waals surface area contributed by atoms with Gasteiger partial charge in [-0.3, -0.25) is 19.7 Å². The summed E-state index contributed by atoms with van der Waals surface area (Å²) in [5.41, 5.74) is -1.27. The van der Waals surface area contributed by atoms with Gasteiger partial charge in [-0.1, -0.05) is 18.2 Å². The monoisotopic (exact) mass is 444 g/mol. The number of amides is 1. The maximum atomic E-state index is 12.3. The summed E-state index contributed by atoms with van der Waals surface area (Å²) >= 11 is 0. The van der Waals surface area contributed by atoms with E-state index in [1.54, 1.807) is 30.3 Å². The zero-order chi connectivity index (χ0) is 21.8. The molecular weight excluding hydrogens is 431 g/mol. The Labute approximate surface area is 192 Å². The van der Waals surface area contributed by atoms with Crippen molar-refractivity contribution in [3.05, 3.63) is 52.6 Å². The average molecular weight is 444 g/mol. The Hall–Kier alpha value is -2.71. The second-order valence-corrected chi connectivity index (χ2v) is 6.95. The van der Waals surface area contributed by atoms with Crippen LogP contribution in [-0.2, 0) is 19.7 Å². The van der Waals surface area contributed by atoms with E-state index in [0.717, 1.165) is 6.92 Å². The number of phenols is 1. The van der Waals surface area contributed by atoms with Crippen LogP contribution in [0.2, 0.25) is 0 Å². The van der Waals surface area contributed by atoms with Gasteiger partial charge < -0.3 is 15.0 Å². The molecule has 30 heavy (non-hydrogen) atoms. The predicted molar refractivity (Wildman–Crippen MR) is 96.8 cm³/mol. The number of hydrogen-bond acceptors (Lipinski definition) is 10. The van der Waals surface area contributed by atoms with Crippen LogP contribution < -0.4 is 34.9 Å². The molecule has 2 rings (SSSR count). The van der Waals surface area contributed by atoms with Crippen LogP contribution in [-0.4, -0.2) is 40.7 Å². The Kier molecular flexibility index (Phi) is 8.74. The fourth-order valence-corrected chi connectivity index (χ4v) is 2.73. The van der Waals surface area contributed by atoms with E-state index in [2.05, 4.69) is 15.5 Å². The molecule has 1 atom stereocenters. The molecule has 0 aliphatic heterocycles. The summed E-state index contributed by atoms with van der Waals surface area (Å²) in [5, 5.41) is 30.1. The first-order valence-electron chi connectivity index (χ1n) is 7.75. The van der Waals surface area contributed by atoms with Gasteiger partial charge in [-0.2, -0.15) is 10.2 Å². The number of nitro groups is 1. The summed E-state index contributed by atoms with van der Waals surface area (Å²) in [6.07, 6.45) is 0. The van der Waals surface area contributed by atoms with E-state index < -0.39 is 54.8 Å². The number of phenolic OH excluding ortho intramolecular Hbond substituents is 1. The zero-order valence-electron chi connectivity index (χ0n) is 15.7. The summed E-state index contributed by atoms with van der Waals surface area (Å²) in [7, 11) is -5.28. The van der Waals surface area contributed by atoms with Gasteiger partial charge >= 0.3 is 29.6 Å². The van der Waals surface area contributed by atoms with E-state index in [0.29, 0.717) is 17.8 Å². The van der Waals surface area contributed by atoms with Gasteiger partial charge in [-0.25, -0.2) is 8.42 Å². The smallest absolute Gasteiger partial charge is 0.744 e. The van der Waals surface area contributed by atoms with Crippen molar-refractivity contribution < 1.29 is 62.1 Å². The maximum Gasteiger partial charge on any atom is 1.00 e. The molecule has 152 valence electrons. The number of benzene rings is 2. The minimum atomic E-state index is -5.28. The summed E-state index contributed by atoms with van der Waals surface area (Å²) in [6, 6.07) is 7.36. The summed E-state index contributed by atoms with van der Waals surface area (Å²) < 4.78 is 33.6. The number of carbonyl (C=O) groups is 2. The molecule has 0 spiro atoms. The summed E-state index contributed by atoms with van der Waals surface area (Å²) in [5.74, 6) is -2.82. The molecule has 2 N–H and O–H groups in total. The average Bonchev–Trinajstić information content (AvgIpc) is 2.62. The summed E-state index contributed by atoms with van der Waals surface area (Å²) in [6.45, 7) is 1.04. The molecular formula is C16H13N4NaO8S. The van der Waals surface area contributed by atoms with Crippen molar-refractivity contribution in [1.82, 2.24) is 0 Å². The van der Waals surface area contributed by atoms with Crippen LogP contribution in [0.3, 0.4) is 0 Å². The SMILES string of the molecule is CC(=O)C(N=Nc1cc([N+](=O)[O-])cc(S(=O)(=O)[O-])c1O)C(=O)Nc1ccccc1.[Na+]. The molecule has 0 radical (unpaired) electrons. The number of nitro benzene ring substituents is 1. The van der Waals surface area contributed by atoms with E-state index in [9.17, 15) is 37.8 Å². The van der Waals surface area contributed by atoms with Crippen LogP contribution >= 0.6 is 0 Å². The number of anilines is 1. The van der Waals surface area contributed by atoms with Crippen molar-refractivity contribution >= 4 is 38.9 Å². The number of azo groups is 1. The molecule has 0 fully saturated rings. The Morgan fingerprint density at radius 2 is 1.80 bits per heavy atom. The number of para-hydroxylation sites is 1. The van der Waals surface area contributed by atoms with E-state index in [-0.39, 0.29) is 29.6 Å². The number of nitrogens with zero attached hydrogens (tertiary/aromatic N) is 3. The van der Waals surface area contributed by atoms with Gasteiger partial charge in [0.1, 0.15) is 20.7 Å². The first kappa shape index (κ1) is 25.3. The topological polar surface area (TPSA) is 191 Å². The fraction of sp³-hybridized carbons (Fsp3) is 0.125. The van der Waals surface area contributed by atoms with Crippen molar-refractivity contribution in [3.63, 3.8) is 0 Å². The molecule has 1 unspecified atom stereocenters. The Bertz CT molecular complexity index is 1110. The van der Waals surface area contributed by atoms with Crippen LogP contribution in [0.15, 0.2) is 57.6 Å². The second-order valence-electron chi connectivity index (χ2n) is 5.61. The molecule has 2 aromatic carbocycles. The number of rotatable bonds is 7. The maximum absolute atomic E-state index is 12.3.